The van der Waals surface area contributed by atoms with Gasteiger partial charge >= 0.3 is 0 Å². The van der Waals surface area contributed by atoms with Crippen LogP contribution in [0.3, 0.4) is 0 Å². The quantitative estimate of drug-likeness (QED) is 0.387. The molecule has 0 saturated heterocycles. The molecule has 0 unspecified atom stereocenters. The van der Waals surface area contributed by atoms with Crippen molar-refractivity contribution in [2.75, 3.05) is 11.9 Å². The number of hydrogen-bond donors (Lipinski definition) is 0. The first kappa shape index (κ1) is 22.0. The number of thioether (sulfide) groups is 1. The molecule has 6 nitrogen and oxygen atoms in total. The van der Waals surface area contributed by atoms with E-state index in [4.69, 9.17) is 11.6 Å². The third-order valence-corrected chi connectivity index (χ3v) is 6.18. The van der Waals surface area contributed by atoms with Gasteiger partial charge in [-0.05, 0) is 61.5 Å². The summed E-state index contributed by atoms with van der Waals surface area (Å²) in [5.41, 5.74) is 3.52. The number of imide groups is 1. The second kappa shape index (κ2) is 9.14. The lowest BCUT2D eigenvalue weighted by atomic mass is 10.2. The molecule has 162 valence electrons. The SMILES string of the molecule is Cc1cc(C)nc(SC2=C(N(C)c3ccccc3)C(=O)N(Cc3ccc(Cl)cc3)C2=O)n1. The van der Waals surface area contributed by atoms with Crippen LogP contribution in [0.15, 0.2) is 76.4 Å². The van der Waals surface area contributed by atoms with Gasteiger partial charge in [-0.15, -0.1) is 0 Å². The molecule has 0 bridgehead atoms. The molecule has 1 aliphatic rings. The molecule has 0 fully saturated rings. The molecule has 0 N–H and O–H groups in total. The Hall–Kier alpha value is -3.16. The zero-order valence-electron chi connectivity index (χ0n) is 17.9. The van der Waals surface area contributed by atoms with Crippen molar-refractivity contribution in [2.24, 2.45) is 0 Å². The van der Waals surface area contributed by atoms with Gasteiger partial charge in [0.2, 0.25) is 0 Å². The Morgan fingerprint density at radius 3 is 2.19 bits per heavy atom. The number of para-hydroxylation sites is 1. The van der Waals surface area contributed by atoms with Crippen LogP contribution < -0.4 is 4.90 Å². The zero-order valence-corrected chi connectivity index (χ0v) is 19.4. The fourth-order valence-corrected chi connectivity index (χ4v) is 4.66. The lowest BCUT2D eigenvalue weighted by Crippen LogP contribution is -2.33. The predicted molar refractivity (Wildman–Crippen MR) is 126 cm³/mol. The van der Waals surface area contributed by atoms with Crippen LogP contribution in [0.4, 0.5) is 5.69 Å². The summed E-state index contributed by atoms with van der Waals surface area (Å²) in [6.45, 7) is 3.90. The number of nitrogens with zero attached hydrogens (tertiary/aromatic N) is 4. The van der Waals surface area contributed by atoms with Crippen molar-refractivity contribution >= 4 is 40.9 Å². The average molecular weight is 465 g/mol. The van der Waals surface area contributed by atoms with E-state index in [1.165, 1.54) is 4.90 Å². The number of aromatic nitrogens is 2. The van der Waals surface area contributed by atoms with E-state index >= 15 is 0 Å². The highest BCUT2D eigenvalue weighted by molar-refractivity contribution is 8.04. The molecule has 0 radical (unpaired) electrons. The van der Waals surface area contributed by atoms with E-state index in [1.807, 2.05) is 62.4 Å². The predicted octanol–water partition coefficient (Wildman–Crippen LogP) is 4.76. The number of halogens is 1. The maximum Gasteiger partial charge on any atom is 0.279 e. The number of carbonyl (C=O) groups is 2. The Bertz CT molecular complexity index is 1190. The van der Waals surface area contributed by atoms with Gasteiger partial charge in [0.1, 0.15) is 10.6 Å². The lowest BCUT2D eigenvalue weighted by Gasteiger charge is -2.21. The van der Waals surface area contributed by atoms with Gasteiger partial charge in [0, 0.05) is 29.1 Å². The minimum Gasteiger partial charge on any atom is -0.339 e. The summed E-state index contributed by atoms with van der Waals surface area (Å²) in [7, 11) is 1.78. The third kappa shape index (κ3) is 4.54. The van der Waals surface area contributed by atoms with Crippen LogP contribution in [0.5, 0.6) is 0 Å². The Balaban J connectivity index is 1.73. The summed E-state index contributed by atoms with van der Waals surface area (Å²) in [6, 6.07) is 18.4. The van der Waals surface area contributed by atoms with Crippen molar-refractivity contribution in [1.29, 1.82) is 0 Å². The fourth-order valence-electron chi connectivity index (χ4n) is 3.46. The standard InChI is InChI=1S/C24H21ClN4O2S/c1-15-13-16(2)27-24(26-15)32-21-20(28(3)19-7-5-4-6-8-19)22(30)29(23(21)31)14-17-9-11-18(25)12-10-17/h4-13H,14H2,1-3H3. The van der Waals surface area contributed by atoms with Gasteiger partial charge in [0.05, 0.1) is 6.54 Å². The van der Waals surface area contributed by atoms with Crippen LogP contribution in [0.1, 0.15) is 17.0 Å². The van der Waals surface area contributed by atoms with Crippen molar-refractivity contribution in [1.82, 2.24) is 14.9 Å². The molecule has 2 amide bonds. The number of likely N-dealkylation sites (N-methyl/N-ethyl adjacent to an activating group) is 1. The molecule has 2 aromatic carbocycles. The molecule has 0 saturated carbocycles. The number of aryl methyl sites for hydroxylation is 2. The largest absolute Gasteiger partial charge is 0.339 e. The van der Waals surface area contributed by atoms with Crippen LogP contribution in [0.2, 0.25) is 5.02 Å². The van der Waals surface area contributed by atoms with E-state index in [-0.39, 0.29) is 18.4 Å². The van der Waals surface area contributed by atoms with E-state index in [0.717, 1.165) is 34.4 Å². The molecule has 32 heavy (non-hydrogen) atoms. The Kier molecular flexibility index (Phi) is 6.30. The second-order valence-corrected chi connectivity index (χ2v) is 8.84. The van der Waals surface area contributed by atoms with Gasteiger partial charge in [-0.25, -0.2) is 9.97 Å². The van der Waals surface area contributed by atoms with E-state index in [2.05, 4.69) is 9.97 Å². The van der Waals surface area contributed by atoms with Crippen LogP contribution in [-0.2, 0) is 16.1 Å². The summed E-state index contributed by atoms with van der Waals surface area (Å²) < 4.78 is 0. The summed E-state index contributed by atoms with van der Waals surface area (Å²) in [4.78, 5) is 39.1. The maximum absolute atomic E-state index is 13.5. The second-order valence-electron chi connectivity index (χ2n) is 7.43. The topological polar surface area (TPSA) is 66.4 Å². The Labute approximate surface area is 195 Å². The van der Waals surface area contributed by atoms with Crippen LogP contribution in [0, 0.1) is 13.8 Å². The normalized spacial score (nSPS) is 13.8. The first-order chi connectivity index (χ1) is 15.3. The van der Waals surface area contributed by atoms with Crippen LogP contribution in [0.25, 0.3) is 0 Å². The molecule has 3 aromatic rings. The highest BCUT2D eigenvalue weighted by atomic mass is 35.5. The molecule has 8 heteroatoms. The van der Waals surface area contributed by atoms with Crippen LogP contribution >= 0.6 is 23.4 Å². The van der Waals surface area contributed by atoms with E-state index in [9.17, 15) is 9.59 Å². The van der Waals surface area contributed by atoms with Crippen molar-refractivity contribution in [3.05, 3.63) is 93.2 Å². The van der Waals surface area contributed by atoms with Crippen molar-refractivity contribution in [2.45, 2.75) is 25.5 Å². The first-order valence-electron chi connectivity index (χ1n) is 9.97. The van der Waals surface area contributed by atoms with Crippen molar-refractivity contribution in [3.8, 4) is 0 Å². The first-order valence-corrected chi connectivity index (χ1v) is 11.2. The van der Waals surface area contributed by atoms with Crippen LogP contribution in [-0.4, -0.2) is 33.7 Å². The number of benzene rings is 2. The molecule has 4 rings (SSSR count). The zero-order chi connectivity index (χ0) is 22.8. The number of hydrogen-bond acceptors (Lipinski definition) is 6. The lowest BCUT2D eigenvalue weighted by molar-refractivity contribution is -0.138. The molecule has 2 heterocycles. The minimum atomic E-state index is -0.365. The van der Waals surface area contributed by atoms with E-state index in [1.54, 1.807) is 24.1 Å². The smallest absolute Gasteiger partial charge is 0.279 e. The Morgan fingerprint density at radius 2 is 1.56 bits per heavy atom. The maximum atomic E-state index is 13.5. The number of amides is 2. The van der Waals surface area contributed by atoms with E-state index in [0.29, 0.717) is 20.8 Å². The minimum absolute atomic E-state index is 0.152. The van der Waals surface area contributed by atoms with Gasteiger partial charge in [-0.2, -0.15) is 0 Å². The molecule has 1 aromatic heterocycles. The molecule has 1 aliphatic heterocycles. The van der Waals surface area contributed by atoms with E-state index < -0.39 is 0 Å². The summed E-state index contributed by atoms with van der Waals surface area (Å²) in [5, 5.41) is 1.03. The summed E-state index contributed by atoms with van der Waals surface area (Å²) in [6.07, 6.45) is 0. The van der Waals surface area contributed by atoms with Gasteiger partial charge in [0.25, 0.3) is 11.8 Å². The third-order valence-electron chi connectivity index (χ3n) is 4.99. The number of anilines is 1. The van der Waals surface area contributed by atoms with Gasteiger partial charge in [0.15, 0.2) is 5.16 Å². The molecule has 0 aliphatic carbocycles. The van der Waals surface area contributed by atoms with Gasteiger partial charge < -0.3 is 4.90 Å². The highest BCUT2D eigenvalue weighted by Gasteiger charge is 2.41. The van der Waals surface area contributed by atoms with Gasteiger partial charge in [-0.3, -0.25) is 14.5 Å². The number of rotatable bonds is 6. The van der Waals surface area contributed by atoms with Gasteiger partial charge in [-0.1, -0.05) is 41.9 Å². The monoisotopic (exact) mass is 464 g/mol. The molecule has 0 atom stereocenters. The number of carbonyl (C=O) groups excluding carboxylic acids is 2. The summed E-state index contributed by atoms with van der Waals surface area (Å²) in [5.74, 6) is -0.723. The average Bonchev–Trinajstić information content (AvgIpc) is 2.99. The van der Waals surface area contributed by atoms with Crippen molar-refractivity contribution in [3.63, 3.8) is 0 Å². The molecular weight excluding hydrogens is 444 g/mol. The molecule has 0 spiro atoms. The fraction of sp³-hybridized carbons (Fsp3) is 0.167. The summed E-state index contributed by atoms with van der Waals surface area (Å²) >= 11 is 7.10. The van der Waals surface area contributed by atoms with Crippen molar-refractivity contribution < 1.29 is 9.59 Å². The Morgan fingerprint density at radius 1 is 0.938 bits per heavy atom. The molecular formula is C24H21ClN4O2S. The highest BCUT2D eigenvalue weighted by Crippen LogP contribution is 2.37.